The number of amides is 2. The fourth-order valence-corrected chi connectivity index (χ4v) is 4.20. The minimum atomic E-state index is -3.57. The molecule has 14 heteroatoms. The van der Waals surface area contributed by atoms with Crippen molar-refractivity contribution >= 4 is 33.8 Å². The molecule has 0 bridgehead atoms. The second kappa shape index (κ2) is 7.03. The van der Waals surface area contributed by atoms with Gasteiger partial charge in [0.25, 0.3) is 5.91 Å². The maximum Gasteiger partial charge on any atom is 0.372 e. The summed E-state index contributed by atoms with van der Waals surface area (Å²) >= 11 is 0. The van der Waals surface area contributed by atoms with Crippen molar-refractivity contribution in [1.29, 1.82) is 0 Å². The van der Waals surface area contributed by atoms with Crippen LogP contribution in [0.25, 0.3) is 0 Å². The second-order valence-corrected chi connectivity index (χ2v) is 8.28. The summed E-state index contributed by atoms with van der Waals surface area (Å²) in [4.78, 5) is 52.5. The Bertz CT molecular complexity index is 785. The molecular weight excluding hydrogens is 388 g/mol. The number of esters is 1. The van der Waals surface area contributed by atoms with E-state index in [0.29, 0.717) is 5.06 Å². The van der Waals surface area contributed by atoms with E-state index in [9.17, 15) is 32.7 Å². The van der Waals surface area contributed by atoms with E-state index >= 15 is 0 Å². The summed E-state index contributed by atoms with van der Waals surface area (Å²) < 4.78 is 29.5. The van der Waals surface area contributed by atoms with Crippen LogP contribution in [-0.4, -0.2) is 90.5 Å². The molecule has 3 saturated heterocycles. The quantitative estimate of drug-likeness (QED) is 0.390. The summed E-state index contributed by atoms with van der Waals surface area (Å²) in [7, 11) is -3.57. The molecule has 27 heavy (non-hydrogen) atoms. The van der Waals surface area contributed by atoms with Gasteiger partial charge in [-0.15, -0.1) is 0 Å². The maximum absolute atomic E-state index is 12.5. The van der Waals surface area contributed by atoms with E-state index in [-0.39, 0.29) is 38.4 Å². The van der Waals surface area contributed by atoms with E-state index in [2.05, 4.69) is 10.6 Å². The van der Waals surface area contributed by atoms with E-state index < -0.39 is 52.1 Å². The lowest BCUT2D eigenvalue weighted by Gasteiger charge is -2.30. The number of carboxylic acid groups (broad SMARTS) is 1. The molecule has 0 aromatic heterocycles. The lowest BCUT2D eigenvalue weighted by molar-refractivity contribution is -0.256. The number of ether oxygens (including phenoxy) is 1. The van der Waals surface area contributed by atoms with Crippen LogP contribution in [0.5, 0.6) is 0 Å². The van der Waals surface area contributed by atoms with E-state index in [0.717, 1.165) is 4.31 Å². The van der Waals surface area contributed by atoms with Crippen LogP contribution in [0.2, 0.25) is 0 Å². The lowest BCUT2D eigenvalue weighted by Crippen LogP contribution is -2.57. The Hall–Kier alpha value is -2.29. The predicted octanol–water partition coefficient (Wildman–Crippen LogP) is -3.44. The van der Waals surface area contributed by atoms with Crippen molar-refractivity contribution in [3.8, 4) is 0 Å². The van der Waals surface area contributed by atoms with Crippen molar-refractivity contribution in [2.45, 2.75) is 24.6 Å². The zero-order valence-electron chi connectivity index (χ0n) is 14.0. The lowest BCUT2D eigenvalue weighted by atomic mass is 10.1. The summed E-state index contributed by atoms with van der Waals surface area (Å²) in [6.07, 6.45) is -0.485. The molecule has 3 fully saturated rings. The van der Waals surface area contributed by atoms with Gasteiger partial charge in [-0.05, 0) is 0 Å². The number of nitrogens with zero attached hydrogens (tertiary/aromatic N) is 2. The van der Waals surface area contributed by atoms with Crippen molar-refractivity contribution in [1.82, 2.24) is 20.0 Å². The number of sulfonamides is 1. The Morgan fingerprint density at radius 2 is 2.11 bits per heavy atom. The van der Waals surface area contributed by atoms with Crippen LogP contribution in [0.3, 0.4) is 0 Å². The average molecular weight is 406 g/mol. The summed E-state index contributed by atoms with van der Waals surface area (Å²) in [5.74, 6) is -4.16. The molecule has 150 valence electrons. The highest BCUT2D eigenvalue weighted by atomic mass is 32.2. The fraction of sp³-hybridized carbons (Fsp3) is 0.692. The summed E-state index contributed by atoms with van der Waals surface area (Å²) in [5.41, 5.74) is -2.27. The molecule has 2 amide bonds. The molecule has 3 heterocycles. The number of nitrogens with one attached hydrogen (secondary N) is 2. The highest BCUT2D eigenvalue weighted by Crippen LogP contribution is 2.33. The number of rotatable bonds is 5. The monoisotopic (exact) mass is 406 g/mol. The van der Waals surface area contributed by atoms with Gasteiger partial charge in [0, 0.05) is 13.0 Å². The zero-order chi connectivity index (χ0) is 19.8. The van der Waals surface area contributed by atoms with Gasteiger partial charge < -0.3 is 20.5 Å². The number of hydrogen-bond acceptors (Lipinski definition) is 9. The molecule has 2 atom stereocenters. The summed E-state index contributed by atoms with van der Waals surface area (Å²) in [5, 5.41) is 15.0. The van der Waals surface area contributed by atoms with Gasteiger partial charge in [-0.3, -0.25) is 19.2 Å². The van der Waals surface area contributed by atoms with Gasteiger partial charge in [0.2, 0.25) is 15.9 Å². The molecule has 3 N–H and O–H groups in total. The molecule has 13 nitrogen and oxygen atoms in total. The van der Waals surface area contributed by atoms with Crippen LogP contribution in [0.1, 0.15) is 12.8 Å². The Balaban J connectivity index is 1.64. The standard InChI is InChI=1S/C13H18N4O9S/c18-9(5-16-7-14-3-4-27(16,23)24)15-8-6-25-17(11(8)20)13(12(21)22)2-1-10(19)26-13/h8,14H,1-7H2,(H,15,18)(H,21,22)/t8-,13?/m0/s1. The molecule has 0 spiro atoms. The van der Waals surface area contributed by atoms with Crippen LogP contribution in [0.4, 0.5) is 0 Å². The number of hydroxylamine groups is 2. The van der Waals surface area contributed by atoms with Crippen molar-refractivity contribution in [2.24, 2.45) is 0 Å². The first-order valence-electron chi connectivity index (χ1n) is 8.06. The largest absolute Gasteiger partial charge is 0.477 e. The highest BCUT2D eigenvalue weighted by molar-refractivity contribution is 7.89. The van der Waals surface area contributed by atoms with Gasteiger partial charge in [-0.1, -0.05) is 0 Å². The number of hydrogen-bond donors (Lipinski definition) is 3. The van der Waals surface area contributed by atoms with E-state index in [1.54, 1.807) is 0 Å². The molecule has 0 saturated carbocycles. The van der Waals surface area contributed by atoms with Crippen molar-refractivity contribution in [3.63, 3.8) is 0 Å². The molecule has 3 rings (SSSR count). The SMILES string of the molecule is O=C(CN1CNCCS1(=O)=O)N[C@H]1CON(C2(C(=O)O)CCC(=O)O2)C1=O. The number of carboxylic acids is 1. The minimum absolute atomic E-state index is 0.0327. The Labute approximate surface area is 153 Å². The molecule has 0 aromatic carbocycles. The molecule has 3 aliphatic heterocycles. The first kappa shape index (κ1) is 19.5. The van der Waals surface area contributed by atoms with Crippen LogP contribution in [0.15, 0.2) is 0 Å². The zero-order valence-corrected chi connectivity index (χ0v) is 14.9. The third-order valence-corrected chi connectivity index (χ3v) is 6.12. The van der Waals surface area contributed by atoms with Gasteiger partial charge in [0.05, 0.1) is 25.4 Å². The Morgan fingerprint density at radius 3 is 2.70 bits per heavy atom. The van der Waals surface area contributed by atoms with Crippen molar-refractivity contribution < 1.29 is 42.3 Å². The first-order valence-corrected chi connectivity index (χ1v) is 9.67. The molecular formula is C13H18N4O9S. The Morgan fingerprint density at radius 1 is 1.37 bits per heavy atom. The van der Waals surface area contributed by atoms with Gasteiger partial charge in [-0.25, -0.2) is 13.2 Å². The smallest absolute Gasteiger partial charge is 0.372 e. The third kappa shape index (κ3) is 3.60. The van der Waals surface area contributed by atoms with Gasteiger partial charge >= 0.3 is 17.7 Å². The van der Waals surface area contributed by atoms with Gasteiger partial charge in [0.1, 0.15) is 12.6 Å². The molecule has 0 aliphatic carbocycles. The molecule has 3 aliphatic rings. The topological polar surface area (TPSA) is 172 Å². The first-order chi connectivity index (χ1) is 12.7. The van der Waals surface area contributed by atoms with Crippen LogP contribution < -0.4 is 10.6 Å². The molecule has 0 aromatic rings. The van der Waals surface area contributed by atoms with E-state index in [1.165, 1.54) is 0 Å². The van der Waals surface area contributed by atoms with Crippen LogP contribution in [0, 0.1) is 0 Å². The van der Waals surface area contributed by atoms with E-state index in [4.69, 9.17) is 9.57 Å². The van der Waals surface area contributed by atoms with Crippen molar-refractivity contribution in [2.75, 3.05) is 32.1 Å². The third-order valence-electron chi connectivity index (χ3n) is 4.35. The molecule has 1 unspecified atom stereocenters. The number of carbonyl (C=O) groups is 4. The van der Waals surface area contributed by atoms with Crippen molar-refractivity contribution in [3.05, 3.63) is 0 Å². The number of carbonyl (C=O) groups excluding carboxylic acids is 3. The number of aliphatic carboxylic acids is 1. The van der Waals surface area contributed by atoms with Crippen LogP contribution in [-0.2, 0) is 38.8 Å². The normalized spacial score (nSPS) is 31.0. The van der Waals surface area contributed by atoms with Crippen LogP contribution >= 0.6 is 0 Å². The van der Waals surface area contributed by atoms with E-state index in [1.807, 2.05) is 0 Å². The number of cyclic esters (lactones) is 1. The fourth-order valence-electron chi connectivity index (χ4n) is 2.94. The second-order valence-electron chi connectivity index (χ2n) is 6.20. The molecule has 0 radical (unpaired) electrons. The minimum Gasteiger partial charge on any atom is -0.477 e. The Kier molecular flexibility index (Phi) is 5.07. The predicted molar refractivity (Wildman–Crippen MR) is 83.8 cm³/mol. The van der Waals surface area contributed by atoms with Gasteiger partial charge in [-0.2, -0.15) is 9.37 Å². The average Bonchev–Trinajstić information content (AvgIpc) is 3.14. The highest BCUT2D eigenvalue weighted by Gasteiger charge is 2.59. The summed E-state index contributed by atoms with van der Waals surface area (Å²) in [6, 6.07) is -1.23. The maximum atomic E-state index is 12.5. The summed E-state index contributed by atoms with van der Waals surface area (Å²) in [6.45, 7) is -0.629. The van der Waals surface area contributed by atoms with Gasteiger partial charge in [0.15, 0.2) is 0 Å².